The van der Waals surface area contributed by atoms with Gasteiger partial charge in [-0.05, 0) is 25.0 Å². The van der Waals surface area contributed by atoms with E-state index in [1.165, 1.54) is 0 Å². The van der Waals surface area contributed by atoms with Crippen molar-refractivity contribution in [3.8, 4) is 0 Å². The van der Waals surface area contributed by atoms with E-state index < -0.39 is 0 Å². The molecule has 4 heteroatoms. The van der Waals surface area contributed by atoms with Gasteiger partial charge in [0.1, 0.15) is 0 Å². The second kappa shape index (κ2) is 4.40. The van der Waals surface area contributed by atoms with Crippen LogP contribution in [-0.2, 0) is 0 Å². The Morgan fingerprint density at radius 3 is 2.87 bits per heavy atom. The Labute approximate surface area is 88.6 Å². The van der Waals surface area contributed by atoms with Crippen LogP contribution in [0.5, 0.6) is 0 Å². The van der Waals surface area contributed by atoms with Crippen molar-refractivity contribution in [2.24, 2.45) is 0 Å². The standard InChI is InChI=1S/C11H14N2O2/c14-10-2-1-7-13(8-10)11(15)9-3-5-12-6-4-9/h3-6,10,14H,1-2,7-8H2/t10-/m1/s1. The van der Waals surface area contributed by atoms with Crippen LogP contribution in [0.2, 0.25) is 0 Å². The van der Waals surface area contributed by atoms with Crippen molar-refractivity contribution in [1.82, 2.24) is 9.88 Å². The number of likely N-dealkylation sites (tertiary alicyclic amines) is 1. The lowest BCUT2D eigenvalue weighted by molar-refractivity contribution is 0.0473. The van der Waals surface area contributed by atoms with Crippen molar-refractivity contribution in [2.75, 3.05) is 13.1 Å². The molecule has 2 heterocycles. The summed E-state index contributed by atoms with van der Waals surface area (Å²) in [5, 5.41) is 9.47. The predicted octanol–water partition coefficient (Wildman–Crippen LogP) is 0.678. The average Bonchev–Trinajstić information content (AvgIpc) is 2.29. The Bertz CT molecular complexity index is 340. The van der Waals surface area contributed by atoms with E-state index in [4.69, 9.17) is 0 Å². The fourth-order valence-corrected chi connectivity index (χ4v) is 1.82. The molecule has 0 saturated carbocycles. The summed E-state index contributed by atoms with van der Waals surface area (Å²) >= 11 is 0. The lowest BCUT2D eigenvalue weighted by atomic mass is 10.1. The first kappa shape index (κ1) is 10.1. The minimum absolute atomic E-state index is 0.0175. The van der Waals surface area contributed by atoms with Crippen molar-refractivity contribution in [3.05, 3.63) is 30.1 Å². The van der Waals surface area contributed by atoms with Crippen molar-refractivity contribution in [3.63, 3.8) is 0 Å². The minimum Gasteiger partial charge on any atom is -0.391 e. The van der Waals surface area contributed by atoms with Crippen LogP contribution in [0.3, 0.4) is 0 Å². The van der Waals surface area contributed by atoms with Crippen LogP contribution < -0.4 is 0 Å². The predicted molar refractivity (Wildman–Crippen MR) is 55.4 cm³/mol. The number of piperidine rings is 1. The zero-order valence-corrected chi connectivity index (χ0v) is 8.47. The second-order valence-electron chi connectivity index (χ2n) is 3.78. The number of nitrogens with zero attached hydrogens (tertiary/aromatic N) is 2. The highest BCUT2D eigenvalue weighted by molar-refractivity contribution is 5.94. The van der Waals surface area contributed by atoms with Gasteiger partial charge in [0.05, 0.1) is 6.10 Å². The van der Waals surface area contributed by atoms with E-state index in [0.717, 1.165) is 19.4 Å². The fraction of sp³-hybridized carbons (Fsp3) is 0.455. The van der Waals surface area contributed by atoms with E-state index >= 15 is 0 Å². The summed E-state index contributed by atoms with van der Waals surface area (Å²) in [6.07, 6.45) is 4.50. The van der Waals surface area contributed by atoms with Gasteiger partial charge in [0.25, 0.3) is 5.91 Å². The molecule has 2 rings (SSSR count). The Morgan fingerprint density at radius 1 is 1.47 bits per heavy atom. The molecule has 1 atom stereocenters. The van der Waals surface area contributed by atoms with Crippen LogP contribution in [0.25, 0.3) is 0 Å². The van der Waals surface area contributed by atoms with Gasteiger partial charge >= 0.3 is 0 Å². The molecule has 1 aliphatic rings. The molecule has 1 aromatic heterocycles. The van der Waals surface area contributed by atoms with Gasteiger partial charge in [0.15, 0.2) is 0 Å². The molecule has 1 saturated heterocycles. The maximum Gasteiger partial charge on any atom is 0.254 e. The van der Waals surface area contributed by atoms with Gasteiger partial charge in [-0.1, -0.05) is 0 Å². The molecular weight excluding hydrogens is 192 g/mol. The van der Waals surface area contributed by atoms with Gasteiger partial charge in [0.2, 0.25) is 0 Å². The maximum atomic E-state index is 11.9. The third-order valence-electron chi connectivity index (χ3n) is 2.61. The number of β-amino-alcohol motifs (C(OH)–C–C–N with tert-alkyl or cyclic N) is 1. The van der Waals surface area contributed by atoms with E-state index in [1.807, 2.05) is 0 Å². The molecule has 0 unspecified atom stereocenters. The first-order chi connectivity index (χ1) is 7.27. The van der Waals surface area contributed by atoms with Gasteiger partial charge in [-0.3, -0.25) is 9.78 Å². The minimum atomic E-state index is -0.371. The Morgan fingerprint density at radius 2 is 2.20 bits per heavy atom. The number of carbonyl (C=O) groups is 1. The highest BCUT2D eigenvalue weighted by Gasteiger charge is 2.22. The number of rotatable bonds is 1. The van der Waals surface area contributed by atoms with Crippen molar-refractivity contribution in [2.45, 2.75) is 18.9 Å². The molecule has 15 heavy (non-hydrogen) atoms. The molecule has 1 aromatic rings. The van der Waals surface area contributed by atoms with E-state index in [0.29, 0.717) is 12.1 Å². The van der Waals surface area contributed by atoms with Gasteiger partial charge in [0, 0.05) is 31.0 Å². The first-order valence-corrected chi connectivity index (χ1v) is 5.15. The number of carbonyl (C=O) groups excluding carboxylic acids is 1. The summed E-state index contributed by atoms with van der Waals surface area (Å²) in [7, 11) is 0. The first-order valence-electron chi connectivity index (χ1n) is 5.15. The largest absolute Gasteiger partial charge is 0.391 e. The van der Waals surface area contributed by atoms with Gasteiger partial charge in [-0.25, -0.2) is 0 Å². The SMILES string of the molecule is O=C(c1ccncc1)N1CCC[C@@H](O)C1. The number of aliphatic hydroxyl groups is 1. The van der Waals surface area contributed by atoms with E-state index in [1.54, 1.807) is 29.4 Å². The lowest BCUT2D eigenvalue weighted by Crippen LogP contribution is -2.42. The van der Waals surface area contributed by atoms with Gasteiger partial charge in [-0.15, -0.1) is 0 Å². The van der Waals surface area contributed by atoms with E-state index in [9.17, 15) is 9.90 Å². The summed E-state index contributed by atoms with van der Waals surface area (Å²) in [5.74, 6) is -0.0175. The van der Waals surface area contributed by atoms with Crippen molar-refractivity contribution in [1.29, 1.82) is 0 Å². The highest BCUT2D eigenvalue weighted by Crippen LogP contribution is 2.13. The number of aliphatic hydroxyl groups excluding tert-OH is 1. The molecular formula is C11H14N2O2. The Hall–Kier alpha value is -1.42. The zero-order valence-electron chi connectivity index (χ0n) is 8.47. The van der Waals surface area contributed by atoms with Crippen molar-refractivity contribution >= 4 is 5.91 Å². The Kier molecular flexibility index (Phi) is 2.97. The fourth-order valence-electron chi connectivity index (χ4n) is 1.82. The van der Waals surface area contributed by atoms with Gasteiger partial charge < -0.3 is 10.0 Å². The third kappa shape index (κ3) is 2.33. The van der Waals surface area contributed by atoms with Gasteiger partial charge in [-0.2, -0.15) is 0 Å². The molecule has 0 spiro atoms. The normalized spacial score (nSPS) is 21.4. The molecule has 4 nitrogen and oxygen atoms in total. The molecule has 1 aliphatic heterocycles. The number of pyridine rings is 1. The molecule has 0 aromatic carbocycles. The summed E-state index contributed by atoms with van der Waals surface area (Å²) in [6.45, 7) is 1.18. The van der Waals surface area contributed by atoms with E-state index in [-0.39, 0.29) is 12.0 Å². The monoisotopic (exact) mass is 206 g/mol. The highest BCUT2D eigenvalue weighted by atomic mass is 16.3. The second-order valence-corrected chi connectivity index (χ2v) is 3.78. The average molecular weight is 206 g/mol. The molecule has 0 radical (unpaired) electrons. The molecule has 0 aliphatic carbocycles. The maximum absolute atomic E-state index is 11.9. The topological polar surface area (TPSA) is 53.4 Å². The number of hydrogen-bond acceptors (Lipinski definition) is 3. The number of aromatic nitrogens is 1. The molecule has 1 amide bonds. The summed E-state index contributed by atoms with van der Waals surface area (Å²) in [5.41, 5.74) is 0.638. The van der Waals surface area contributed by atoms with E-state index in [2.05, 4.69) is 4.98 Å². The smallest absolute Gasteiger partial charge is 0.254 e. The summed E-state index contributed by atoms with van der Waals surface area (Å²) < 4.78 is 0. The van der Waals surface area contributed by atoms with Crippen LogP contribution in [-0.4, -0.2) is 40.1 Å². The molecule has 1 N–H and O–H groups in total. The van der Waals surface area contributed by atoms with Crippen LogP contribution in [0.1, 0.15) is 23.2 Å². The third-order valence-corrected chi connectivity index (χ3v) is 2.61. The van der Waals surface area contributed by atoms with Crippen LogP contribution in [0.15, 0.2) is 24.5 Å². The quantitative estimate of drug-likeness (QED) is 0.735. The van der Waals surface area contributed by atoms with Crippen LogP contribution in [0, 0.1) is 0 Å². The number of amides is 1. The summed E-state index contributed by atoms with van der Waals surface area (Å²) in [6, 6.07) is 3.40. The molecule has 1 fully saturated rings. The lowest BCUT2D eigenvalue weighted by Gasteiger charge is -2.30. The van der Waals surface area contributed by atoms with Crippen LogP contribution >= 0.6 is 0 Å². The van der Waals surface area contributed by atoms with Crippen molar-refractivity contribution < 1.29 is 9.90 Å². The Balaban J connectivity index is 2.08. The molecule has 80 valence electrons. The molecule has 0 bridgehead atoms. The summed E-state index contributed by atoms with van der Waals surface area (Å²) in [4.78, 5) is 17.5. The van der Waals surface area contributed by atoms with Crippen LogP contribution in [0.4, 0.5) is 0 Å². The zero-order chi connectivity index (χ0) is 10.7. The number of hydrogen-bond donors (Lipinski definition) is 1.